The molecule has 2 aromatic carbocycles. The van der Waals surface area contributed by atoms with Crippen LogP contribution in [0.25, 0.3) is 11.1 Å². The summed E-state index contributed by atoms with van der Waals surface area (Å²) < 4.78 is 18.5. The van der Waals surface area contributed by atoms with Crippen molar-refractivity contribution in [1.29, 1.82) is 0 Å². The minimum absolute atomic E-state index is 0.130. The maximum Gasteiger partial charge on any atom is 0.257 e. The van der Waals surface area contributed by atoms with E-state index in [4.69, 9.17) is 4.42 Å². The fraction of sp³-hybridized carbons (Fsp3) is 0.176. The van der Waals surface area contributed by atoms with E-state index in [1.807, 2.05) is 31.2 Å². The number of aromatic nitrogens is 1. The second-order valence-corrected chi connectivity index (χ2v) is 6.00. The molecule has 3 rings (SSSR count). The van der Waals surface area contributed by atoms with Crippen LogP contribution < -0.4 is 5.32 Å². The summed E-state index contributed by atoms with van der Waals surface area (Å²) in [6.45, 7) is 1.86. The van der Waals surface area contributed by atoms with Crippen molar-refractivity contribution in [3.05, 3.63) is 59.9 Å². The molecule has 0 spiro atoms. The normalized spacial score (nSPS) is 12.3. The van der Waals surface area contributed by atoms with E-state index in [2.05, 4.69) is 10.3 Å². The van der Waals surface area contributed by atoms with Gasteiger partial charge in [-0.3, -0.25) is 4.79 Å². The molecule has 0 aliphatic carbocycles. The van der Waals surface area contributed by atoms with Crippen LogP contribution in [0.1, 0.15) is 18.5 Å². The molecule has 4 nitrogen and oxygen atoms in total. The molecule has 0 aliphatic heterocycles. The van der Waals surface area contributed by atoms with Crippen LogP contribution in [0.5, 0.6) is 0 Å². The number of amides is 1. The highest BCUT2D eigenvalue weighted by Crippen LogP contribution is 2.23. The summed E-state index contributed by atoms with van der Waals surface area (Å²) in [6.07, 6.45) is 0. The smallest absolute Gasteiger partial charge is 0.257 e. The Morgan fingerprint density at radius 1 is 1.26 bits per heavy atom. The number of oxazole rings is 1. The molecule has 1 heterocycles. The van der Waals surface area contributed by atoms with Gasteiger partial charge in [0.05, 0.1) is 11.8 Å². The maximum atomic E-state index is 12.9. The van der Waals surface area contributed by atoms with Crippen molar-refractivity contribution in [2.45, 2.75) is 18.2 Å². The van der Waals surface area contributed by atoms with Crippen LogP contribution in [0, 0.1) is 5.82 Å². The predicted octanol–water partition coefficient (Wildman–Crippen LogP) is 3.94. The number of para-hydroxylation sites is 2. The van der Waals surface area contributed by atoms with Crippen molar-refractivity contribution in [1.82, 2.24) is 10.3 Å². The van der Waals surface area contributed by atoms with Gasteiger partial charge in [-0.15, -0.1) is 0 Å². The summed E-state index contributed by atoms with van der Waals surface area (Å²) in [5.74, 6) is -0.217. The number of carbonyl (C=O) groups excluding carboxylic acids is 1. The molecule has 0 saturated carbocycles. The van der Waals surface area contributed by atoms with Crippen LogP contribution in [-0.2, 0) is 4.79 Å². The van der Waals surface area contributed by atoms with Crippen LogP contribution in [0.4, 0.5) is 4.39 Å². The van der Waals surface area contributed by atoms with Gasteiger partial charge in [0.15, 0.2) is 5.58 Å². The maximum absolute atomic E-state index is 12.9. The van der Waals surface area contributed by atoms with E-state index in [1.54, 1.807) is 12.1 Å². The highest BCUT2D eigenvalue weighted by molar-refractivity contribution is 7.99. The molecule has 0 bridgehead atoms. The van der Waals surface area contributed by atoms with Crippen molar-refractivity contribution in [3.63, 3.8) is 0 Å². The molecule has 23 heavy (non-hydrogen) atoms. The average molecular weight is 330 g/mol. The number of hydrogen-bond acceptors (Lipinski definition) is 4. The predicted molar refractivity (Wildman–Crippen MR) is 87.7 cm³/mol. The highest BCUT2D eigenvalue weighted by Gasteiger charge is 2.12. The molecule has 0 saturated heterocycles. The number of fused-ring (bicyclic) bond motifs is 1. The summed E-state index contributed by atoms with van der Waals surface area (Å²) in [5.41, 5.74) is 2.33. The third-order valence-electron chi connectivity index (χ3n) is 3.35. The van der Waals surface area contributed by atoms with E-state index < -0.39 is 0 Å². The van der Waals surface area contributed by atoms with E-state index in [9.17, 15) is 9.18 Å². The first kappa shape index (κ1) is 15.6. The Bertz CT molecular complexity index is 784. The monoisotopic (exact) mass is 330 g/mol. The lowest BCUT2D eigenvalue weighted by Gasteiger charge is -2.13. The Hall–Kier alpha value is -2.34. The number of rotatable bonds is 5. The van der Waals surface area contributed by atoms with Crippen molar-refractivity contribution < 1.29 is 13.6 Å². The van der Waals surface area contributed by atoms with Crippen molar-refractivity contribution in [2.24, 2.45) is 0 Å². The summed E-state index contributed by atoms with van der Waals surface area (Å²) in [5, 5.41) is 3.34. The Labute approximate surface area is 137 Å². The van der Waals surface area contributed by atoms with Gasteiger partial charge in [-0.25, -0.2) is 9.37 Å². The molecule has 1 unspecified atom stereocenters. The van der Waals surface area contributed by atoms with Crippen LogP contribution in [0.3, 0.4) is 0 Å². The average Bonchev–Trinajstić information content (AvgIpc) is 2.96. The zero-order valence-electron chi connectivity index (χ0n) is 12.5. The molecule has 0 radical (unpaired) electrons. The van der Waals surface area contributed by atoms with Crippen LogP contribution in [0.15, 0.2) is 58.2 Å². The van der Waals surface area contributed by atoms with Crippen molar-refractivity contribution >= 4 is 28.8 Å². The second kappa shape index (κ2) is 6.83. The SMILES string of the molecule is CC(NC(=O)CSc1nc2ccccc2o1)c1ccc(F)cc1. The fourth-order valence-electron chi connectivity index (χ4n) is 2.16. The largest absolute Gasteiger partial charge is 0.431 e. The van der Waals surface area contributed by atoms with E-state index in [1.165, 1.54) is 23.9 Å². The topological polar surface area (TPSA) is 55.1 Å². The zero-order chi connectivity index (χ0) is 16.2. The first-order chi connectivity index (χ1) is 11.1. The van der Waals surface area contributed by atoms with Gasteiger partial charge >= 0.3 is 0 Å². The number of nitrogens with zero attached hydrogens (tertiary/aromatic N) is 1. The van der Waals surface area contributed by atoms with Gasteiger partial charge in [-0.2, -0.15) is 0 Å². The van der Waals surface area contributed by atoms with E-state index in [-0.39, 0.29) is 23.5 Å². The first-order valence-electron chi connectivity index (χ1n) is 7.15. The molecular formula is C17H15FN2O2S. The second-order valence-electron chi connectivity index (χ2n) is 5.08. The van der Waals surface area contributed by atoms with Gasteiger partial charge in [0.2, 0.25) is 5.91 Å². The van der Waals surface area contributed by atoms with Gasteiger partial charge in [0.1, 0.15) is 11.3 Å². The van der Waals surface area contributed by atoms with Gasteiger partial charge in [-0.1, -0.05) is 36.0 Å². The molecule has 1 aromatic heterocycles. The molecule has 6 heteroatoms. The van der Waals surface area contributed by atoms with Gasteiger partial charge in [-0.05, 0) is 36.8 Å². The minimum atomic E-state index is -0.293. The van der Waals surface area contributed by atoms with Gasteiger partial charge in [0, 0.05) is 0 Å². The lowest BCUT2D eigenvalue weighted by Crippen LogP contribution is -2.28. The Balaban J connectivity index is 1.55. The Morgan fingerprint density at radius 2 is 2.00 bits per heavy atom. The molecular weight excluding hydrogens is 315 g/mol. The number of nitrogens with one attached hydrogen (secondary N) is 1. The Kier molecular flexibility index (Phi) is 4.62. The van der Waals surface area contributed by atoms with Crippen molar-refractivity contribution in [3.8, 4) is 0 Å². The lowest BCUT2D eigenvalue weighted by atomic mass is 10.1. The summed E-state index contributed by atoms with van der Waals surface area (Å²) in [4.78, 5) is 16.3. The third kappa shape index (κ3) is 3.90. The number of carbonyl (C=O) groups is 1. The number of benzene rings is 2. The quantitative estimate of drug-likeness (QED) is 0.720. The summed E-state index contributed by atoms with van der Waals surface area (Å²) in [6, 6.07) is 13.4. The summed E-state index contributed by atoms with van der Waals surface area (Å²) in [7, 11) is 0. The third-order valence-corrected chi connectivity index (χ3v) is 4.18. The molecule has 1 N–H and O–H groups in total. The van der Waals surface area contributed by atoms with Crippen LogP contribution in [-0.4, -0.2) is 16.6 Å². The molecule has 118 valence electrons. The van der Waals surface area contributed by atoms with Crippen molar-refractivity contribution in [2.75, 3.05) is 5.75 Å². The number of hydrogen-bond donors (Lipinski definition) is 1. The molecule has 0 aliphatic rings. The molecule has 1 atom stereocenters. The zero-order valence-corrected chi connectivity index (χ0v) is 13.3. The summed E-state index contributed by atoms with van der Waals surface area (Å²) >= 11 is 1.24. The molecule has 1 amide bonds. The van der Waals surface area contributed by atoms with Crippen LogP contribution >= 0.6 is 11.8 Å². The van der Waals surface area contributed by atoms with Gasteiger partial charge < -0.3 is 9.73 Å². The highest BCUT2D eigenvalue weighted by atomic mass is 32.2. The number of halogens is 1. The fourth-order valence-corrected chi connectivity index (χ4v) is 2.81. The minimum Gasteiger partial charge on any atom is -0.431 e. The van der Waals surface area contributed by atoms with E-state index in [0.29, 0.717) is 10.8 Å². The molecule has 0 fully saturated rings. The van der Waals surface area contributed by atoms with Crippen LogP contribution in [0.2, 0.25) is 0 Å². The van der Waals surface area contributed by atoms with E-state index in [0.717, 1.165) is 11.1 Å². The van der Waals surface area contributed by atoms with Gasteiger partial charge in [0.25, 0.3) is 5.22 Å². The van der Waals surface area contributed by atoms with E-state index >= 15 is 0 Å². The lowest BCUT2D eigenvalue weighted by molar-refractivity contribution is -0.119. The number of thioether (sulfide) groups is 1. The first-order valence-corrected chi connectivity index (χ1v) is 8.13. The Morgan fingerprint density at radius 3 is 2.74 bits per heavy atom. The molecule has 3 aromatic rings. The standard InChI is InChI=1S/C17H15FN2O2S/c1-11(12-6-8-13(18)9-7-12)19-16(21)10-23-17-20-14-4-2-3-5-15(14)22-17/h2-9,11H,10H2,1H3,(H,19,21).